The molecule has 1 aromatic heterocycles. The predicted octanol–water partition coefficient (Wildman–Crippen LogP) is 2.02. The Balaban J connectivity index is 1.84. The first-order valence-electron chi connectivity index (χ1n) is 7.40. The van der Waals surface area contributed by atoms with E-state index in [2.05, 4.69) is 15.3 Å². The Bertz CT molecular complexity index is 775. The van der Waals surface area contributed by atoms with Crippen LogP contribution in [0.3, 0.4) is 0 Å². The van der Waals surface area contributed by atoms with Gasteiger partial charge in [0.1, 0.15) is 0 Å². The molecule has 0 fully saturated rings. The maximum absolute atomic E-state index is 10.8. The van der Waals surface area contributed by atoms with Crippen LogP contribution in [0.1, 0.15) is 24.7 Å². The Morgan fingerprint density at radius 3 is 3.04 bits per heavy atom. The number of ether oxygens (including phenoxy) is 2. The third-order valence-corrected chi connectivity index (χ3v) is 4.10. The highest BCUT2D eigenvalue weighted by Gasteiger charge is 2.14. The minimum Gasteiger partial charge on any atom is -0.481 e. The zero-order valence-corrected chi connectivity index (χ0v) is 13.8. The number of carboxylic acid groups (broad SMARTS) is 1. The number of fused-ring (bicyclic) bond motifs is 1. The number of aryl methyl sites for hydroxylation is 1. The van der Waals surface area contributed by atoms with Crippen LogP contribution in [-0.4, -0.2) is 44.7 Å². The van der Waals surface area contributed by atoms with Crippen LogP contribution in [0.25, 0.3) is 0 Å². The Morgan fingerprint density at radius 1 is 1.42 bits per heavy atom. The van der Waals surface area contributed by atoms with Crippen molar-refractivity contribution < 1.29 is 19.4 Å². The lowest BCUT2D eigenvalue weighted by molar-refractivity contribution is -0.133. The largest absolute Gasteiger partial charge is 0.481 e. The maximum atomic E-state index is 10.8. The van der Waals surface area contributed by atoms with Gasteiger partial charge >= 0.3 is 5.97 Å². The van der Waals surface area contributed by atoms with E-state index in [1.165, 1.54) is 0 Å². The van der Waals surface area contributed by atoms with Crippen molar-refractivity contribution in [2.45, 2.75) is 24.9 Å². The molecular weight excluding hydrogens is 332 g/mol. The molecule has 0 radical (unpaired) electrons. The molecule has 3 rings (SSSR count). The topological polar surface area (TPSA) is 98.8 Å². The van der Waals surface area contributed by atoms with Gasteiger partial charge in [0.05, 0.1) is 12.0 Å². The summed E-state index contributed by atoms with van der Waals surface area (Å²) in [5.74, 6) is 1.08. The van der Waals surface area contributed by atoms with Crippen molar-refractivity contribution in [3.8, 4) is 11.5 Å². The van der Waals surface area contributed by atoms with Crippen LogP contribution >= 0.6 is 11.8 Å². The zero-order valence-electron chi connectivity index (χ0n) is 13.0. The lowest BCUT2D eigenvalue weighted by Gasteiger charge is -2.03. The van der Waals surface area contributed by atoms with Crippen LogP contribution in [0.15, 0.2) is 28.5 Å². The molecule has 0 amide bonds. The molecule has 1 aromatic carbocycles. The quantitative estimate of drug-likeness (QED) is 0.603. The molecule has 126 valence electrons. The molecule has 0 spiro atoms. The zero-order chi connectivity index (χ0) is 16.9. The molecule has 0 unspecified atom stereocenters. The van der Waals surface area contributed by atoms with Crippen LogP contribution in [0.2, 0.25) is 0 Å². The smallest absolute Gasteiger partial charge is 0.313 e. The molecule has 1 aliphatic rings. The van der Waals surface area contributed by atoms with E-state index >= 15 is 0 Å². The van der Waals surface area contributed by atoms with Crippen molar-refractivity contribution in [3.63, 3.8) is 0 Å². The van der Waals surface area contributed by atoms with Crippen LogP contribution in [0.4, 0.5) is 0 Å². The molecule has 8 nitrogen and oxygen atoms in total. The van der Waals surface area contributed by atoms with Crippen molar-refractivity contribution in [2.24, 2.45) is 5.10 Å². The molecule has 0 saturated heterocycles. The third-order valence-electron chi connectivity index (χ3n) is 3.19. The number of hydrogen-bond donors (Lipinski definition) is 1. The Hall–Kier alpha value is -2.55. The van der Waals surface area contributed by atoms with Crippen LogP contribution in [0, 0.1) is 0 Å². The number of thioether (sulfide) groups is 1. The van der Waals surface area contributed by atoms with Crippen molar-refractivity contribution in [1.82, 2.24) is 14.9 Å². The molecule has 9 heteroatoms. The first-order valence-corrected chi connectivity index (χ1v) is 8.39. The molecule has 0 atom stereocenters. The van der Waals surface area contributed by atoms with Crippen LogP contribution in [-0.2, 0) is 11.2 Å². The summed E-state index contributed by atoms with van der Waals surface area (Å²) in [6, 6.07) is 5.52. The van der Waals surface area contributed by atoms with E-state index in [0.717, 1.165) is 23.7 Å². The number of aliphatic carboxylic acids is 1. The standard InChI is InChI=1S/C15H16N4O4S/c1-2-3-13-17-18-15(24-8-14(20)21)19(13)16-7-10-4-5-11-12(6-10)23-9-22-11/h4-7H,2-3,8-9H2,1H3,(H,20,21)/b16-7+. The van der Waals surface area contributed by atoms with E-state index in [1.807, 2.05) is 25.1 Å². The van der Waals surface area contributed by atoms with E-state index in [1.54, 1.807) is 10.9 Å². The molecule has 0 aliphatic carbocycles. The fourth-order valence-electron chi connectivity index (χ4n) is 2.13. The van der Waals surface area contributed by atoms with E-state index in [9.17, 15) is 4.79 Å². The van der Waals surface area contributed by atoms with E-state index in [0.29, 0.717) is 28.9 Å². The minimum absolute atomic E-state index is 0.0935. The van der Waals surface area contributed by atoms with Gasteiger partial charge in [0.25, 0.3) is 0 Å². The average molecular weight is 348 g/mol. The normalized spacial score (nSPS) is 12.9. The first-order chi connectivity index (χ1) is 11.7. The van der Waals surface area contributed by atoms with E-state index < -0.39 is 5.97 Å². The Labute approximate surface area is 142 Å². The highest BCUT2D eigenvalue weighted by Crippen LogP contribution is 2.32. The van der Waals surface area contributed by atoms with Gasteiger partial charge in [-0.15, -0.1) is 10.2 Å². The lowest BCUT2D eigenvalue weighted by atomic mass is 10.2. The van der Waals surface area contributed by atoms with Gasteiger partial charge in [0, 0.05) is 6.42 Å². The summed E-state index contributed by atoms with van der Waals surface area (Å²) in [5, 5.41) is 21.8. The summed E-state index contributed by atoms with van der Waals surface area (Å²) < 4.78 is 12.2. The minimum atomic E-state index is -0.911. The third kappa shape index (κ3) is 3.67. The summed E-state index contributed by atoms with van der Waals surface area (Å²) >= 11 is 1.09. The van der Waals surface area contributed by atoms with Crippen molar-refractivity contribution in [3.05, 3.63) is 29.6 Å². The van der Waals surface area contributed by atoms with Crippen molar-refractivity contribution in [2.75, 3.05) is 12.5 Å². The first kappa shape index (κ1) is 16.3. The SMILES string of the molecule is CCCc1nnc(SCC(=O)O)n1/N=C/c1ccc2c(c1)OCO2. The van der Waals surface area contributed by atoms with Gasteiger partial charge in [-0.3, -0.25) is 4.79 Å². The van der Waals surface area contributed by atoms with Gasteiger partial charge in [-0.2, -0.15) is 9.78 Å². The number of carbonyl (C=O) groups is 1. The van der Waals surface area contributed by atoms with Gasteiger partial charge < -0.3 is 14.6 Å². The number of rotatable bonds is 7. The predicted molar refractivity (Wildman–Crippen MR) is 87.9 cm³/mol. The van der Waals surface area contributed by atoms with Gasteiger partial charge in [-0.25, -0.2) is 0 Å². The molecule has 0 saturated carbocycles. The Morgan fingerprint density at radius 2 is 2.25 bits per heavy atom. The summed E-state index contributed by atoms with van der Waals surface area (Å²) in [4.78, 5) is 10.8. The average Bonchev–Trinajstić information content (AvgIpc) is 3.17. The molecule has 1 N–H and O–H groups in total. The number of carboxylic acids is 1. The molecule has 2 heterocycles. The molecule has 0 bridgehead atoms. The van der Waals surface area contributed by atoms with Crippen LogP contribution < -0.4 is 9.47 Å². The number of benzene rings is 1. The Kier molecular flexibility index (Phi) is 4.99. The fourth-order valence-corrected chi connectivity index (χ4v) is 2.75. The van der Waals surface area contributed by atoms with Crippen LogP contribution in [0.5, 0.6) is 11.5 Å². The second-order valence-electron chi connectivity index (χ2n) is 5.00. The monoisotopic (exact) mass is 348 g/mol. The van der Waals surface area contributed by atoms with Gasteiger partial charge in [-0.05, 0) is 30.2 Å². The summed E-state index contributed by atoms with van der Waals surface area (Å²) in [6.07, 6.45) is 3.26. The molecular formula is C15H16N4O4S. The summed E-state index contributed by atoms with van der Waals surface area (Å²) in [7, 11) is 0. The molecule has 2 aromatic rings. The highest BCUT2D eigenvalue weighted by atomic mass is 32.2. The van der Waals surface area contributed by atoms with E-state index in [4.69, 9.17) is 14.6 Å². The maximum Gasteiger partial charge on any atom is 0.313 e. The second kappa shape index (κ2) is 7.35. The van der Waals surface area contributed by atoms with E-state index in [-0.39, 0.29) is 12.5 Å². The van der Waals surface area contributed by atoms with Gasteiger partial charge in [0.15, 0.2) is 17.3 Å². The number of hydrogen-bond acceptors (Lipinski definition) is 7. The molecule has 1 aliphatic heterocycles. The molecule has 24 heavy (non-hydrogen) atoms. The lowest BCUT2D eigenvalue weighted by Crippen LogP contribution is -2.03. The summed E-state index contributed by atoms with van der Waals surface area (Å²) in [5.41, 5.74) is 0.838. The van der Waals surface area contributed by atoms with Gasteiger partial charge in [0.2, 0.25) is 11.9 Å². The van der Waals surface area contributed by atoms with Crippen molar-refractivity contribution in [1.29, 1.82) is 0 Å². The van der Waals surface area contributed by atoms with Gasteiger partial charge in [-0.1, -0.05) is 18.7 Å². The second-order valence-corrected chi connectivity index (χ2v) is 5.94. The number of aromatic nitrogens is 3. The van der Waals surface area contributed by atoms with Crippen molar-refractivity contribution >= 4 is 23.9 Å². The fraction of sp³-hybridized carbons (Fsp3) is 0.333. The summed E-state index contributed by atoms with van der Waals surface area (Å²) in [6.45, 7) is 2.25. The number of nitrogens with zero attached hydrogens (tertiary/aromatic N) is 4. The highest BCUT2D eigenvalue weighted by molar-refractivity contribution is 7.99.